The van der Waals surface area contributed by atoms with E-state index in [2.05, 4.69) is 74.6 Å². The van der Waals surface area contributed by atoms with Gasteiger partial charge in [-0.05, 0) is 77.0 Å². The van der Waals surface area contributed by atoms with Crippen LogP contribution in [0.5, 0.6) is 0 Å². The number of unbranched alkanes of at least 4 members (excludes halogenated alkanes) is 29. The SMILES string of the molecule is CC/C=C\C/C=C\C/C=C\C/C=C\CCCCCCCCCCC(=O)OC(COC(=O)CCCCCCCCCCCCCCC/C=C\CCCCCCCCCC)COC(OCC[N+](C)(C)C)C(=O)O. The Hall–Kier alpha value is -3.01. The molecule has 2 atom stereocenters. The average molecular weight is 1000 g/mol. The Morgan fingerprint density at radius 3 is 1.21 bits per heavy atom. The third-order valence-corrected chi connectivity index (χ3v) is 12.8. The second-order valence-corrected chi connectivity index (χ2v) is 20.9. The first-order valence-corrected chi connectivity index (χ1v) is 29.5. The molecule has 0 aromatic heterocycles. The lowest BCUT2D eigenvalue weighted by atomic mass is 10.0. The van der Waals surface area contributed by atoms with Gasteiger partial charge in [0.25, 0.3) is 6.29 Å². The minimum absolute atomic E-state index is 0.185. The highest BCUT2D eigenvalue weighted by molar-refractivity contribution is 5.71. The van der Waals surface area contributed by atoms with E-state index in [4.69, 9.17) is 18.9 Å². The molecule has 1 N–H and O–H groups in total. The molecular weight excluding hydrogens is 887 g/mol. The summed E-state index contributed by atoms with van der Waals surface area (Å²) in [5, 5.41) is 9.70. The molecule has 0 aromatic rings. The van der Waals surface area contributed by atoms with Gasteiger partial charge in [0.05, 0.1) is 34.4 Å². The van der Waals surface area contributed by atoms with E-state index in [1.54, 1.807) is 0 Å². The standard InChI is InChI=1S/C62H111NO8/c1-6-8-10-12-14-16-18-20-22-24-26-28-29-30-31-33-34-36-38-40-42-44-46-48-50-52-59(64)69-56-58(57-70-62(61(66)67)68-55-54-63(3,4)5)71-60(65)53-51-49-47-45-43-41-39-37-35-32-27-25-23-21-19-17-15-13-11-9-7-2/h9,11,15,17,21,23-24,26-27,32,58,62H,6-8,10,12-14,16,18-20,22,25,28-31,33-57H2,1-5H3/p+1/b11-9-,17-15-,23-21-,26-24-,32-27-. The highest BCUT2D eigenvalue weighted by Crippen LogP contribution is 2.16. The molecule has 0 saturated carbocycles. The van der Waals surface area contributed by atoms with Gasteiger partial charge in [-0.15, -0.1) is 0 Å². The molecule has 0 spiro atoms. The minimum atomic E-state index is -1.51. The summed E-state index contributed by atoms with van der Waals surface area (Å²) < 4.78 is 22.9. The lowest BCUT2D eigenvalue weighted by Crippen LogP contribution is -2.40. The predicted octanol–water partition coefficient (Wildman–Crippen LogP) is 17.2. The van der Waals surface area contributed by atoms with E-state index in [1.807, 2.05) is 21.1 Å². The molecule has 0 aliphatic carbocycles. The second kappa shape index (κ2) is 53.3. The van der Waals surface area contributed by atoms with Crippen molar-refractivity contribution in [2.45, 2.75) is 270 Å². The first-order valence-electron chi connectivity index (χ1n) is 29.5. The maximum absolute atomic E-state index is 12.9. The number of hydrogen-bond acceptors (Lipinski definition) is 7. The van der Waals surface area contributed by atoms with Crippen molar-refractivity contribution in [3.05, 3.63) is 60.8 Å². The number of nitrogens with zero attached hydrogens (tertiary/aromatic N) is 1. The Morgan fingerprint density at radius 2 is 0.803 bits per heavy atom. The Balaban J connectivity index is 4.23. The van der Waals surface area contributed by atoms with Crippen LogP contribution < -0.4 is 0 Å². The summed E-state index contributed by atoms with van der Waals surface area (Å²) in [5.41, 5.74) is 0. The highest BCUT2D eigenvalue weighted by Gasteiger charge is 2.25. The number of carbonyl (C=O) groups is 3. The topological polar surface area (TPSA) is 108 Å². The summed E-state index contributed by atoms with van der Waals surface area (Å²) in [6, 6.07) is 0. The zero-order chi connectivity index (χ0) is 52.0. The fourth-order valence-electron chi connectivity index (χ4n) is 8.24. The molecule has 0 heterocycles. The summed E-state index contributed by atoms with van der Waals surface area (Å²) in [4.78, 5) is 37.4. The quantitative estimate of drug-likeness (QED) is 0.0211. The number of hydrogen-bond donors (Lipinski definition) is 1. The molecule has 2 unspecified atom stereocenters. The first kappa shape index (κ1) is 68.0. The average Bonchev–Trinajstić information content (AvgIpc) is 3.34. The van der Waals surface area contributed by atoms with Crippen molar-refractivity contribution < 1.29 is 42.9 Å². The zero-order valence-corrected chi connectivity index (χ0v) is 46.9. The summed E-state index contributed by atoms with van der Waals surface area (Å²) >= 11 is 0. The van der Waals surface area contributed by atoms with E-state index in [-0.39, 0.29) is 32.2 Å². The van der Waals surface area contributed by atoms with Gasteiger partial charge in [-0.3, -0.25) is 9.59 Å². The number of carbonyl (C=O) groups excluding carboxylic acids is 2. The van der Waals surface area contributed by atoms with Crippen molar-refractivity contribution >= 4 is 17.9 Å². The van der Waals surface area contributed by atoms with Crippen LogP contribution in [-0.2, 0) is 33.3 Å². The van der Waals surface area contributed by atoms with Gasteiger partial charge in [-0.2, -0.15) is 0 Å². The van der Waals surface area contributed by atoms with E-state index in [0.29, 0.717) is 23.9 Å². The molecule has 0 fully saturated rings. The van der Waals surface area contributed by atoms with Crippen LogP contribution in [0.3, 0.4) is 0 Å². The van der Waals surface area contributed by atoms with Gasteiger partial charge in [0.2, 0.25) is 0 Å². The first-order chi connectivity index (χ1) is 34.6. The highest BCUT2D eigenvalue weighted by atomic mass is 16.7. The third kappa shape index (κ3) is 54.6. The molecule has 9 nitrogen and oxygen atoms in total. The van der Waals surface area contributed by atoms with Crippen molar-refractivity contribution in [1.29, 1.82) is 0 Å². The van der Waals surface area contributed by atoms with Crippen LogP contribution in [0.4, 0.5) is 0 Å². The van der Waals surface area contributed by atoms with Crippen molar-refractivity contribution in [2.24, 2.45) is 0 Å². The van der Waals surface area contributed by atoms with Crippen LogP contribution in [0.1, 0.15) is 258 Å². The largest absolute Gasteiger partial charge is 0.477 e. The molecule has 0 bridgehead atoms. The second-order valence-electron chi connectivity index (χ2n) is 20.9. The molecule has 0 amide bonds. The van der Waals surface area contributed by atoms with Gasteiger partial charge in [-0.25, -0.2) is 4.79 Å². The van der Waals surface area contributed by atoms with Crippen LogP contribution >= 0.6 is 0 Å². The monoisotopic (exact) mass is 999 g/mol. The number of quaternary nitrogens is 1. The number of carboxylic acids is 1. The van der Waals surface area contributed by atoms with Crippen molar-refractivity contribution in [1.82, 2.24) is 0 Å². The molecule has 0 aliphatic heterocycles. The van der Waals surface area contributed by atoms with E-state index >= 15 is 0 Å². The third-order valence-electron chi connectivity index (χ3n) is 12.8. The predicted molar refractivity (Wildman–Crippen MR) is 300 cm³/mol. The summed E-state index contributed by atoms with van der Waals surface area (Å²) in [7, 11) is 5.97. The Labute approximate surface area is 437 Å². The van der Waals surface area contributed by atoms with E-state index < -0.39 is 24.3 Å². The van der Waals surface area contributed by atoms with Crippen LogP contribution in [0.2, 0.25) is 0 Å². The molecule has 9 heteroatoms. The van der Waals surface area contributed by atoms with Gasteiger partial charge in [0, 0.05) is 12.8 Å². The number of rotatable bonds is 54. The van der Waals surface area contributed by atoms with Crippen LogP contribution in [0, 0.1) is 0 Å². The fraction of sp³-hybridized carbons (Fsp3) is 0.790. The number of aliphatic carboxylic acids is 1. The molecule has 71 heavy (non-hydrogen) atoms. The van der Waals surface area contributed by atoms with E-state index in [1.165, 1.54) is 154 Å². The maximum Gasteiger partial charge on any atom is 0.361 e. The lowest BCUT2D eigenvalue weighted by Gasteiger charge is -2.25. The van der Waals surface area contributed by atoms with Gasteiger partial charge < -0.3 is 28.5 Å². The van der Waals surface area contributed by atoms with E-state index in [0.717, 1.165) is 70.6 Å². The Bertz CT molecular complexity index is 1350. The number of ether oxygens (including phenoxy) is 4. The smallest absolute Gasteiger partial charge is 0.361 e. The molecule has 412 valence electrons. The lowest BCUT2D eigenvalue weighted by molar-refractivity contribution is -0.870. The van der Waals surface area contributed by atoms with E-state index in [9.17, 15) is 19.5 Å². The molecular formula is C62H112NO8+. The fourth-order valence-corrected chi connectivity index (χ4v) is 8.24. The van der Waals surface area contributed by atoms with Gasteiger partial charge in [0.15, 0.2) is 6.10 Å². The van der Waals surface area contributed by atoms with Gasteiger partial charge in [-0.1, -0.05) is 229 Å². The van der Waals surface area contributed by atoms with Crippen molar-refractivity contribution in [3.8, 4) is 0 Å². The normalized spacial score (nSPS) is 13.2. The minimum Gasteiger partial charge on any atom is -0.477 e. The summed E-state index contributed by atoms with van der Waals surface area (Å²) in [6.45, 7) is 4.78. The van der Waals surface area contributed by atoms with Crippen LogP contribution in [0.15, 0.2) is 60.8 Å². The number of likely N-dealkylation sites (N-methyl/N-ethyl adjacent to an activating group) is 1. The number of esters is 2. The summed E-state index contributed by atoms with van der Waals surface area (Å²) in [5.74, 6) is -2.01. The molecule has 0 aliphatic rings. The van der Waals surface area contributed by atoms with Gasteiger partial charge in [0.1, 0.15) is 13.2 Å². The zero-order valence-electron chi connectivity index (χ0n) is 46.9. The molecule has 0 saturated heterocycles. The molecule has 0 radical (unpaired) electrons. The summed E-state index contributed by atoms with van der Waals surface area (Å²) in [6.07, 6.45) is 64.4. The van der Waals surface area contributed by atoms with Crippen molar-refractivity contribution in [2.75, 3.05) is 47.5 Å². The Kier molecular flexibility index (Phi) is 51.0. The van der Waals surface area contributed by atoms with Crippen LogP contribution in [-0.4, -0.2) is 87.4 Å². The maximum atomic E-state index is 12.9. The Morgan fingerprint density at radius 1 is 0.437 bits per heavy atom. The number of allylic oxidation sites excluding steroid dienone is 10. The molecule has 0 rings (SSSR count). The van der Waals surface area contributed by atoms with Crippen LogP contribution in [0.25, 0.3) is 0 Å². The molecule has 0 aromatic carbocycles. The number of carboxylic acid groups (broad SMARTS) is 1. The van der Waals surface area contributed by atoms with Gasteiger partial charge >= 0.3 is 17.9 Å². The van der Waals surface area contributed by atoms with Crippen molar-refractivity contribution in [3.63, 3.8) is 0 Å².